The second-order valence-electron chi connectivity index (χ2n) is 5.57. The van der Waals surface area contributed by atoms with Crippen LogP contribution in [-0.2, 0) is 0 Å². The Morgan fingerprint density at radius 1 is 1.20 bits per heavy atom. The van der Waals surface area contributed by atoms with Gasteiger partial charge in [-0.25, -0.2) is 14.4 Å². The van der Waals surface area contributed by atoms with E-state index in [1.807, 2.05) is 12.3 Å². The molecule has 0 aliphatic carbocycles. The summed E-state index contributed by atoms with van der Waals surface area (Å²) < 4.78 is 14.0. The van der Waals surface area contributed by atoms with Crippen LogP contribution in [0.3, 0.4) is 0 Å². The highest BCUT2D eigenvalue weighted by Gasteiger charge is 2.19. The Labute approximate surface area is 146 Å². The number of thiophene rings is 1. The van der Waals surface area contributed by atoms with Crippen molar-refractivity contribution < 1.29 is 9.50 Å². The fourth-order valence-electron chi connectivity index (χ4n) is 2.50. The van der Waals surface area contributed by atoms with Crippen molar-refractivity contribution in [3.63, 3.8) is 0 Å². The summed E-state index contributed by atoms with van der Waals surface area (Å²) in [6.07, 6.45) is 0.651. The Hall–Kier alpha value is -2.84. The van der Waals surface area contributed by atoms with Crippen LogP contribution >= 0.6 is 11.3 Å². The van der Waals surface area contributed by atoms with E-state index < -0.39 is 6.10 Å². The van der Waals surface area contributed by atoms with Crippen molar-refractivity contribution in [1.29, 1.82) is 0 Å². The highest BCUT2D eigenvalue weighted by molar-refractivity contribution is 7.18. The Morgan fingerprint density at radius 3 is 2.72 bits per heavy atom. The molecular formula is C17H14FN5OS. The van der Waals surface area contributed by atoms with Gasteiger partial charge in [0.2, 0.25) is 0 Å². The lowest BCUT2D eigenvalue weighted by Crippen LogP contribution is -2.08. The summed E-state index contributed by atoms with van der Waals surface area (Å²) >= 11 is 1.52. The first-order valence-electron chi connectivity index (χ1n) is 7.58. The molecule has 0 spiro atoms. The topological polar surface area (TPSA) is 86.7 Å². The van der Waals surface area contributed by atoms with Crippen molar-refractivity contribution in [2.24, 2.45) is 0 Å². The van der Waals surface area contributed by atoms with Crippen LogP contribution in [0.15, 0.2) is 41.9 Å². The van der Waals surface area contributed by atoms with E-state index in [0.29, 0.717) is 17.2 Å². The van der Waals surface area contributed by atoms with Crippen LogP contribution in [0.1, 0.15) is 23.1 Å². The maximum atomic E-state index is 13.1. The zero-order chi connectivity index (χ0) is 17.4. The molecule has 0 saturated carbocycles. The number of rotatable bonds is 4. The largest absolute Gasteiger partial charge is 0.380 e. The van der Waals surface area contributed by atoms with Gasteiger partial charge in [0.05, 0.1) is 10.2 Å². The van der Waals surface area contributed by atoms with Gasteiger partial charge in [-0.1, -0.05) is 12.1 Å². The number of anilines is 2. The van der Waals surface area contributed by atoms with Gasteiger partial charge in [-0.15, -0.1) is 11.3 Å². The molecule has 3 aromatic heterocycles. The van der Waals surface area contributed by atoms with Crippen LogP contribution in [0.2, 0.25) is 0 Å². The van der Waals surface area contributed by atoms with E-state index in [9.17, 15) is 9.50 Å². The van der Waals surface area contributed by atoms with Crippen LogP contribution in [0.4, 0.5) is 16.0 Å². The SMILES string of the molecule is Cc1csc2c(Nc3cc[nH]n3)nc(C(O)c3ccc(F)cc3)nc12. The van der Waals surface area contributed by atoms with E-state index >= 15 is 0 Å². The van der Waals surface area contributed by atoms with Gasteiger partial charge in [0.25, 0.3) is 0 Å². The van der Waals surface area contributed by atoms with Gasteiger partial charge in [0.15, 0.2) is 17.5 Å². The number of aryl methyl sites for hydroxylation is 1. The van der Waals surface area contributed by atoms with Gasteiger partial charge in [-0.2, -0.15) is 5.10 Å². The van der Waals surface area contributed by atoms with Crippen molar-refractivity contribution in [1.82, 2.24) is 20.2 Å². The summed E-state index contributed by atoms with van der Waals surface area (Å²) in [7, 11) is 0. The van der Waals surface area contributed by atoms with Crippen LogP contribution in [0.5, 0.6) is 0 Å². The Bertz CT molecular complexity index is 1010. The molecule has 126 valence electrons. The Kier molecular flexibility index (Phi) is 3.90. The monoisotopic (exact) mass is 355 g/mol. The van der Waals surface area contributed by atoms with Gasteiger partial charge in [0, 0.05) is 12.3 Å². The van der Waals surface area contributed by atoms with Crippen molar-refractivity contribution in [2.75, 3.05) is 5.32 Å². The number of fused-ring (bicyclic) bond motifs is 1. The summed E-state index contributed by atoms with van der Waals surface area (Å²) in [5.41, 5.74) is 2.30. The second-order valence-corrected chi connectivity index (χ2v) is 6.45. The second kappa shape index (κ2) is 6.23. The average Bonchev–Trinajstić information content (AvgIpc) is 3.25. The van der Waals surface area contributed by atoms with Crippen LogP contribution in [0, 0.1) is 12.7 Å². The van der Waals surface area contributed by atoms with E-state index in [0.717, 1.165) is 15.8 Å². The third-order valence-electron chi connectivity index (χ3n) is 3.79. The zero-order valence-corrected chi connectivity index (χ0v) is 14.0. The number of aliphatic hydroxyl groups excluding tert-OH is 1. The molecule has 1 atom stereocenters. The molecule has 1 aromatic carbocycles. The number of benzene rings is 1. The number of nitrogens with one attached hydrogen (secondary N) is 2. The predicted octanol–water partition coefficient (Wildman–Crippen LogP) is 3.69. The van der Waals surface area contributed by atoms with Crippen LogP contribution in [0.25, 0.3) is 10.2 Å². The molecule has 8 heteroatoms. The molecule has 0 bridgehead atoms. The standard InChI is InChI=1S/C17H14FN5OS/c1-9-8-25-15-13(9)21-16(14(24)10-2-4-11(18)5-3-10)22-17(15)20-12-6-7-19-23-12/h2-8,14,24H,1H3,(H2,19,20,21,22,23). The first-order valence-corrected chi connectivity index (χ1v) is 8.46. The highest BCUT2D eigenvalue weighted by atomic mass is 32.1. The lowest BCUT2D eigenvalue weighted by Gasteiger charge is -2.12. The van der Waals surface area contributed by atoms with Crippen molar-refractivity contribution in [2.45, 2.75) is 13.0 Å². The third-order valence-corrected chi connectivity index (χ3v) is 4.88. The maximum Gasteiger partial charge on any atom is 0.164 e. The molecule has 0 fully saturated rings. The quantitative estimate of drug-likeness (QED) is 0.520. The fraction of sp³-hybridized carbons (Fsp3) is 0.118. The first-order chi connectivity index (χ1) is 12.1. The Morgan fingerprint density at radius 2 is 2.00 bits per heavy atom. The number of aliphatic hydroxyl groups is 1. The number of H-pyrrole nitrogens is 1. The molecule has 4 rings (SSSR count). The van der Waals surface area contributed by atoms with Crippen LogP contribution in [-0.4, -0.2) is 25.3 Å². The molecule has 0 aliphatic heterocycles. The first kappa shape index (κ1) is 15.7. The number of nitrogens with zero attached hydrogens (tertiary/aromatic N) is 3. The van der Waals surface area contributed by atoms with E-state index in [1.165, 1.54) is 35.6 Å². The van der Waals surface area contributed by atoms with Crippen LogP contribution < -0.4 is 5.32 Å². The summed E-state index contributed by atoms with van der Waals surface area (Å²) in [4.78, 5) is 8.99. The molecular weight excluding hydrogens is 341 g/mol. The predicted molar refractivity (Wildman–Crippen MR) is 94.5 cm³/mol. The smallest absolute Gasteiger partial charge is 0.164 e. The number of aromatic nitrogens is 4. The number of hydrogen-bond donors (Lipinski definition) is 3. The highest BCUT2D eigenvalue weighted by Crippen LogP contribution is 2.33. The molecule has 3 N–H and O–H groups in total. The van der Waals surface area contributed by atoms with Crippen molar-refractivity contribution >= 4 is 33.2 Å². The van der Waals surface area contributed by atoms with Gasteiger partial charge in [-0.05, 0) is 35.6 Å². The minimum absolute atomic E-state index is 0.249. The minimum Gasteiger partial charge on any atom is -0.380 e. The van der Waals surface area contributed by atoms with Gasteiger partial charge in [0.1, 0.15) is 11.9 Å². The summed E-state index contributed by atoms with van der Waals surface area (Å²) in [5, 5.41) is 22.6. The summed E-state index contributed by atoms with van der Waals surface area (Å²) in [6, 6.07) is 7.43. The fourth-order valence-corrected chi connectivity index (χ4v) is 3.43. The van der Waals surface area contributed by atoms with E-state index in [4.69, 9.17) is 0 Å². The summed E-state index contributed by atoms with van der Waals surface area (Å²) in [6.45, 7) is 1.96. The lowest BCUT2D eigenvalue weighted by molar-refractivity contribution is 0.210. The summed E-state index contributed by atoms with van der Waals surface area (Å²) in [5.74, 6) is 1.08. The van der Waals surface area contributed by atoms with E-state index in [2.05, 4.69) is 25.5 Å². The normalized spacial score (nSPS) is 12.4. The molecule has 25 heavy (non-hydrogen) atoms. The van der Waals surface area contributed by atoms with Gasteiger partial charge in [-0.3, -0.25) is 5.10 Å². The average molecular weight is 355 g/mol. The number of hydrogen-bond acceptors (Lipinski definition) is 6. The van der Waals surface area contributed by atoms with Crippen molar-refractivity contribution in [3.8, 4) is 0 Å². The third kappa shape index (κ3) is 2.97. The molecule has 0 aliphatic rings. The molecule has 3 heterocycles. The molecule has 0 amide bonds. The lowest BCUT2D eigenvalue weighted by atomic mass is 10.1. The number of aromatic amines is 1. The molecule has 0 saturated heterocycles. The van der Waals surface area contributed by atoms with Gasteiger partial charge >= 0.3 is 0 Å². The number of halogens is 1. The van der Waals surface area contributed by atoms with Gasteiger partial charge < -0.3 is 10.4 Å². The van der Waals surface area contributed by atoms with E-state index in [-0.39, 0.29) is 11.6 Å². The minimum atomic E-state index is -1.05. The molecule has 4 aromatic rings. The molecule has 6 nitrogen and oxygen atoms in total. The van der Waals surface area contributed by atoms with E-state index in [1.54, 1.807) is 12.3 Å². The maximum absolute atomic E-state index is 13.1. The molecule has 1 unspecified atom stereocenters. The molecule has 0 radical (unpaired) electrons. The Balaban J connectivity index is 1.80. The zero-order valence-electron chi connectivity index (χ0n) is 13.2. The van der Waals surface area contributed by atoms with Crippen molar-refractivity contribution in [3.05, 3.63) is 64.7 Å².